The molecule has 1 aromatic heterocycles. The minimum atomic E-state index is -0.563. The lowest BCUT2D eigenvalue weighted by Gasteiger charge is -2.29. The second-order valence-corrected chi connectivity index (χ2v) is 5.16. The number of nitrogens with zero attached hydrogens (tertiary/aromatic N) is 2. The number of rotatable bonds is 4. The highest BCUT2D eigenvalue weighted by Crippen LogP contribution is 2.23. The van der Waals surface area contributed by atoms with E-state index in [2.05, 4.69) is 10.4 Å². The molecule has 0 unspecified atom stereocenters. The van der Waals surface area contributed by atoms with Crippen LogP contribution in [-0.4, -0.2) is 32.9 Å². The Kier molecular flexibility index (Phi) is 4.55. The highest BCUT2D eigenvalue weighted by Gasteiger charge is 2.30. The van der Waals surface area contributed by atoms with E-state index in [1.165, 1.54) is 0 Å². The highest BCUT2D eigenvalue weighted by atomic mass is 16.3. The summed E-state index contributed by atoms with van der Waals surface area (Å²) in [6.07, 6.45) is 5.03. The topological polar surface area (TPSA) is 93.2 Å². The Morgan fingerprint density at radius 3 is 3.05 bits per heavy atom. The first-order valence-corrected chi connectivity index (χ1v) is 6.82. The van der Waals surface area contributed by atoms with Crippen molar-refractivity contribution >= 4 is 5.91 Å². The zero-order valence-electron chi connectivity index (χ0n) is 11.2. The lowest BCUT2D eigenvalue weighted by atomic mass is 9.84. The summed E-state index contributed by atoms with van der Waals surface area (Å²) in [4.78, 5) is 12.0. The van der Waals surface area contributed by atoms with E-state index in [0.29, 0.717) is 19.4 Å². The van der Waals surface area contributed by atoms with Gasteiger partial charge in [-0.1, -0.05) is 0 Å². The number of aryl methyl sites for hydroxylation is 1. The van der Waals surface area contributed by atoms with Gasteiger partial charge in [0.25, 0.3) is 0 Å². The van der Waals surface area contributed by atoms with Gasteiger partial charge in [0, 0.05) is 36.8 Å². The smallest absolute Gasteiger partial charge is 0.223 e. The van der Waals surface area contributed by atoms with Gasteiger partial charge >= 0.3 is 0 Å². The average molecular weight is 266 g/mol. The summed E-state index contributed by atoms with van der Waals surface area (Å²) in [6, 6.07) is -0.188. The van der Waals surface area contributed by atoms with E-state index in [-0.39, 0.29) is 17.9 Å². The minimum absolute atomic E-state index is 0.00445. The summed E-state index contributed by atoms with van der Waals surface area (Å²) < 4.78 is 1.82. The molecule has 0 aliphatic heterocycles. The fourth-order valence-electron chi connectivity index (χ4n) is 2.41. The SMILES string of the molecule is CCn1cc(CNC(=O)[C@H]2CC[C@@H](N)[C@H](O)C2)cn1. The molecule has 6 heteroatoms. The normalized spacial score (nSPS) is 27.2. The second-order valence-electron chi connectivity index (χ2n) is 5.16. The van der Waals surface area contributed by atoms with Crippen LogP contribution < -0.4 is 11.1 Å². The number of hydrogen-bond acceptors (Lipinski definition) is 4. The number of aromatic nitrogens is 2. The number of carbonyl (C=O) groups is 1. The van der Waals surface area contributed by atoms with Crippen LogP contribution in [0.25, 0.3) is 0 Å². The molecule has 1 aromatic rings. The second kappa shape index (κ2) is 6.16. The number of aliphatic hydroxyl groups excluding tert-OH is 1. The van der Waals surface area contributed by atoms with Crippen molar-refractivity contribution in [1.29, 1.82) is 0 Å². The Morgan fingerprint density at radius 2 is 2.42 bits per heavy atom. The van der Waals surface area contributed by atoms with E-state index < -0.39 is 6.10 Å². The Balaban J connectivity index is 1.81. The Bertz CT molecular complexity index is 432. The quantitative estimate of drug-likeness (QED) is 0.715. The third kappa shape index (κ3) is 3.54. The third-order valence-electron chi connectivity index (χ3n) is 3.72. The molecule has 19 heavy (non-hydrogen) atoms. The van der Waals surface area contributed by atoms with E-state index in [1.54, 1.807) is 6.20 Å². The van der Waals surface area contributed by atoms with E-state index in [4.69, 9.17) is 5.73 Å². The van der Waals surface area contributed by atoms with Crippen LogP contribution in [0.4, 0.5) is 0 Å². The van der Waals surface area contributed by atoms with Crippen LogP contribution in [0, 0.1) is 5.92 Å². The van der Waals surface area contributed by atoms with Crippen LogP contribution in [0.5, 0.6) is 0 Å². The van der Waals surface area contributed by atoms with Crippen molar-refractivity contribution in [3.63, 3.8) is 0 Å². The molecule has 0 aromatic carbocycles. The first-order valence-electron chi connectivity index (χ1n) is 6.82. The molecule has 1 fully saturated rings. The molecule has 6 nitrogen and oxygen atoms in total. The highest BCUT2D eigenvalue weighted by molar-refractivity contribution is 5.78. The van der Waals surface area contributed by atoms with Crippen molar-refractivity contribution in [3.05, 3.63) is 18.0 Å². The van der Waals surface area contributed by atoms with E-state index in [0.717, 1.165) is 18.5 Å². The van der Waals surface area contributed by atoms with Gasteiger partial charge in [0.15, 0.2) is 0 Å². The molecule has 1 aliphatic carbocycles. The zero-order chi connectivity index (χ0) is 13.8. The predicted molar refractivity (Wildman–Crippen MR) is 71.1 cm³/mol. The number of nitrogens with one attached hydrogen (secondary N) is 1. The first-order chi connectivity index (χ1) is 9.10. The van der Waals surface area contributed by atoms with Gasteiger partial charge in [-0.15, -0.1) is 0 Å². The van der Waals surface area contributed by atoms with E-state index in [1.807, 2.05) is 17.8 Å². The number of amides is 1. The van der Waals surface area contributed by atoms with Crippen LogP contribution in [0.15, 0.2) is 12.4 Å². The summed E-state index contributed by atoms with van der Waals surface area (Å²) >= 11 is 0. The first kappa shape index (κ1) is 14.0. The van der Waals surface area contributed by atoms with Crippen molar-refractivity contribution in [2.45, 2.75) is 51.4 Å². The van der Waals surface area contributed by atoms with Gasteiger partial charge in [-0.05, 0) is 26.2 Å². The third-order valence-corrected chi connectivity index (χ3v) is 3.72. The zero-order valence-corrected chi connectivity index (χ0v) is 11.2. The van der Waals surface area contributed by atoms with Crippen molar-refractivity contribution in [3.8, 4) is 0 Å². The molecule has 0 radical (unpaired) electrons. The molecular weight excluding hydrogens is 244 g/mol. The lowest BCUT2D eigenvalue weighted by Crippen LogP contribution is -2.44. The molecule has 1 heterocycles. The standard InChI is InChI=1S/C13H22N4O2/c1-2-17-8-9(7-16-17)6-15-13(19)10-3-4-11(14)12(18)5-10/h7-8,10-12,18H,2-6,14H2,1H3,(H,15,19)/t10-,11+,12+/m0/s1. The molecule has 1 amide bonds. The lowest BCUT2D eigenvalue weighted by molar-refractivity contribution is -0.127. The molecule has 0 bridgehead atoms. The fraction of sp³-hybridized carbons (Fsp3) is 0.692. The summed E-state index contributed by atoms with van der Waals surface area (Å²) in [6.45, 7) is 3.32. The van der Waals surface area contributed by atoms with Gasteiger partial charge in [0.2, 0.25) is 5.91 Å². The molecule has 0 saturated heterocycles. The van der Waals surface area contributed by atoms with E-state index in [9.17, 15) is 9.90 Å². The van der Waals surface area contributed by atoms with Crippen molar-refractivity contribution < 1.29 is 9.90 Å². The molecule has 2 rings (SSSR count). The van der Waals surface area contributed by atoms with Gasteiger partial charge in [0.05, 0.1) is 12.3 Å². The maximum absolute atomic E-state index is 12.0. The van der Waals surface area contributed by atoms with Gasteiger partial charge in [-0.2, -0.15) is 5.10 Å². The van der Waals surface area contributed by atoms with Crippen molar-refractivity contribution in [2.24, 2.45) is 11.7 Å². The molecule has 1 saturated carbocycles. The number of carbonyl (C=O) groups excluding carboxylic acids is 1. The maximum Gasteiger partial charge on any atom is 0.223 e. The number of nitrogens with two attached hydrogens (primary N) is 1. The largest absolute Gasteiger partial charge is 0.391 e. The molecular formula is C13H22N4O2. The van der Waals surface area contributed by atoms with Crippen LogP contribution in [0.3, 0.4) is 0 Å². The molecule has 1 aliphatic rings. The van der Waals surface area contributed by atoms with Crippen LogP contribution >= 0.6 is 0 Å². The monoisotopic (exact) mass is 266 g/mol. The van der Waals surface area contributed by atoms with Crippen LogP contribution in [0.1, 0.15) is 31.7 Å². The molecule has 0 spiro atoms. The Labute approximate surface area is 113 Å². The van der Waals surface area contributed by atoms with Gasteiger partial charge in [-0.25, -0.2) is 0 Å². The van der Waals surface area contributed by atoms with Gasteiger partial charge in [-0.3, -0.25) is 9.48 Å². The average Bonchev–Trinajstić information content (AvgIpc) is 2.87. The molecule has 4 N–H and O–H groups in total. The Hall–Kier alpha value is -1.40. The summed E-state index contributed by atoms with van der Waals surface area (Å²) in [5.41, 5.74) is 6.72. The predicted octanol–water partition coefficient (Wildman–Crippen LogP) is 0.00750. The van der Waals surface area contributed by atoms with Crippen LogP contribution in [0.2, 0.25) is 0 Å². The summed E-state index contributed by atoms with van der Waals surface area (Å²) in [5.74, 6) is -0.133. The summed E-state index contributed by atoms with van der Waals surface area (Å²) in [5, 5.41) is 16.8. The fourth-order valence-corrected chi connectivity index (χ4v) is 2.41. The minimum Gasteiger partial charge on any atom is -0.391 e. The number of aliphatic hydroxyl groups is 1. The van der Waals surface area contributed by atoms with Gasteiger partial charge in [0.1, 0.15) is 0 Å². The summed E-state index contributed by atoms with van der Waals surface area (Å²) in [7, 11) is 0. The number of hydrogen-bond donors (Lipinski definition) is 3. The molecule has 3 atom stereocenters. The van der Waals surface area contributed by atoms with Gasteiger partial charge < -0.3 is 16.2 Å². The Morgan fingerprint density at radius 1 is 1.63 bits per heavy atom. The van der Waals surface area contributed by atoms with Crippen LogP contribution in [-0.2, 0) is 17.9 Å². The maximum atomic E-state index is 12.0. The van der Waals surface area contributed by atoms with E-state index >= 15 is 0 Å². The molecule has 106 valence electrons. The van der Waals surface area contributed by atoms with Crippen molar-refractivity contribution in [1.82, 2.24) is 15.1 Å². The van der Waals surface area contributed by atoms with Crippen molar-refractivity contribution in [2.75, 3.05) is 0 Å².